The van der Waals surface area contributed by atoms with Gasteiger partial charge in [-0.3, -0.25) is 9.59 Å². The first-order chi connectivity index (χ1) is 17.4. The third kappa shape index (κ3) is 3.67. The van der Waals surface area contributed by atoms with Gasteiger partial charge in [-0.1, -0.05) is 32.9 Å². The van der Waals surface area contributed by atoms with Gasteiger partial charge in [-0.05, 0) is 17.9 Å². The minimum Gasteiger partial charge on any atom is -0.492 e. The second kappa shape index (κ2) is 8.48. The maximum absolute atomic E-state index is 13.5. The van der Waals surface area contributed by atoms with Crippen molar-refractivity contribution in [1.82, 2.24) is 20.9 Å². The van der Waals surface area contributed by atoms with E-state index in [2.05, 4.69) is 39.8 Å². The van der Waals surface area contributed by atoms with Crippen LogP contribution in [0.1, 0.15) is 49.5 Å². The van der Waals surface area contributed by atoms with Gasteiger partial charge in [-0.25, -0.2) is 9.98 Å². The van der Waals surface area contributed by atoms with Crippen LogP contribution in [0.3, 0.4) is 0 Å². The number of benzene rings is 1. The lowest BCUT2D eigenvalue weighted by Crippen LogP contribution is -2.78. The van der Waals surface area contributed by atoms with Crippen molar-refractivity contribution >= 4 is 23.7 Å². The van der Waals surface area contributed by atoms with Crippen molar-refractivity contribution in [2.45, 2.75) is 68.6 Å². The van der Waals surface area contributed by atoms with E-state index in [4.69, 9.17) is 16.2 Å². The summed E-state index contributed by atoms with van der Waals surface area (Å²) in [5, 5.41) is 31.6. The zero-order valence-corrected chi connectivity index (χ0v) is 21.1. The second-order valence-electron chi connectivity index (χ2n) is 10.6. The van der Waals surface area contributed by atoms with Crippen LogP contribution in [-0.4, -0.2) is 88.1 Å². The highest BCUT2D eigenvalue weighted by atomic mass is 16.5. The highest BCUT2D eigenvalue weighted by Gasteiger charge is 2.73. The number of fused-ring (bicyclic) bond motifs is 1. The Morgan fingerprint density at radius 1 is 1.27 bits per heavy atom. The molecule has 37 heavy (non-hydrogen) atoms. The summed E-state index contributed by atoms with van der Waals surface area (Å²) in [5.74, 6) is -2.81. The van der Waals surface area contributed by atoms with E-state index in [0.29, 0.717) is 17.9 Å². The molecule has 4 atom stereocenters. The summed E-state index contributed by atoms with van der Waals surface area (Å²) >= 11 is 0. The molecule has 4 heterocycles. The molecule has 0 radical (unpaired) electrons. The fourth-order valence-corrected chi connectivity index (χ4v) is 5.78. The Morgan fingerprint density at radius 3 is 2.76 bits per heavy atom. The topological polar surface area (TPSA) is 200 Å². The van der Waals surface area contributed by atoms with E-state index in [1.807, 2.05) is 6.07 Å². The molecule has 1 aromatic carbocycles. The molecular formula is C24H34N8O5. The van der Waals surface area contributed by atoms with Crippen LogP contribution < -0.4 is 32.2 Å². The Morgan fingerprint density at radius 2 is 2.03 bits per heavy atom. The van der Waals surface area contributed by atoms with E-state index in [0.717, 1.165) is 12.0 Å². The Labute approximate surface area is 214 Å². The van der Waals surface area contributed by atoms with Crippen molar-refractivity contribution in [3.8, 4) is 5.75 Å². The monoisotopic (exact) mass is 514 g/mol. The molecule has 13 heteroatoms. The molecule has 9 N–H and O–H groups in total. The molecule has 0 aliphatic carbocycles. The van der Waals surface area contributed by atoms with E-state index in [-0.39, 0.29) is 42.8 Å². The van der Waals surface area contributed by atoms with Crippen LogP contribution in [0, 0.1) is 0 Å². The Balaban J connectivity index is 1.45. The fourth-order valence-electron chi connectivity index (χ4n) is 5.78. The SMILES string of the molecule is CCC(=O)NC[C@@H]1N=C(N)N2CC(NC(=O)c3cccc4c3OCCC4(C)C)C(O)(O)[C@@]23NC(N)=N[C@@H]13. The van der Waals surface area contributed by atoms with Crippen LogP contribution in [0.4, 0.5) is 0 Å². The number of nitrogens with zero attached hydrogens (tertiary/aromatic N) is 3. The number of carbonyl (C=O) groups is 2. The highest BCUT2D eigenvalue weighted by molar-refractivity contribution is 5.98. The van der Waals surface area contributed by atoms with Crippen LogP contribution in [0.2, 0.25) is 0 Å². The molecule has 1 aromatic rings. The van der Waals surface area contributed by atoms with Crippen LogP contribution in [0.25, 0.3) is 0 Å². The van der Waals surface area contributed by atoms with Crippen molar-refractivity contribution in [3.05, 3.63) is 29.3 Å². The van der Waals surface area contributed by atoms with Crippen molar-refractivity contribution in [2.24, 2.45) is 21.5 Å². The van der Waals surface area contributed by atoms with Crippen LogP contribution in [-0.2, 0) is 10.2 Å². The molecular weight excluding hydrogens is 480 g/mol. The zero-order chi connectivity index (χ0) is 26.8. The molecule has 0 bridgehead atoms. The molecule has 5 rings (SSSR count). The fraction of sp³-hybridized carbons (Fsp3) is 0.583. The molecule has 4 aliphatic heterocycles. The van der Waals surface area contributed by atoms with Gasteiger partial charge in [0.05, 0.1) is 18.2 Å². The van der Waals surface area contributed by atoms with Crippen LogP contribution >= 0.6 is 0 Å². The minimum absolute atomic E-state index is 0.01000. The average Bonchev–Trinajstić information content (AvgIpc) is 3.31. The third-order valence-corrected chi connectivity index (χ3v) is 7.90. The first-order valence-electron chi connectivity index (χ1n) is 12.4. The first kappa shape index (κ1) is 25.1. The number of aliphatic hydroxyl groups is 2. The maximum atomic E-state index is 13.5. The second-order valence-corrected chi connectivity index (χ2v) is 10.6. The van der Waals surface area contributed by atoms with Crippen molar-refractivity contribution in [3.63, 3.8) is 0 Å². The molecule has 2 amide bonds. The van der Waals surface area contributed by atoms with Crippen molar-refractivity contribution in [2.75, 3.05) is 19.7 Å². The number of hydrogen-bond donors (Lipinski definition) is 7. The summed E-state index contributed by atoms with van der Waals surface area (Å²) < 4.78 is 5.87. The maximum Gasteiger partial charge on any atom is 0.255 e. The number of amides is 2. The van der Waals surface area contributed by atoms with E-state index in [1.54, 1.807) is 19.1 Å². The highest BCUT2D eigenvalue weighted by Crippen LogP contribution is 2.45. The molecule has 0 saturated carbocycles. The first-order valence-corrected chi connectivity index (χ1v) is 12.4. The number of nitrogens with two attached hydrogens (primary N) is 2. The standard InChI is InChI=1S/C24H34N8O5/c1-4-16(33)27-10-14-18-23(31-20(25)30-18)24(35,36)15(11-32(23)21(26)28-14)29-19(34)12-6-5-7-13-17(12)37-9-8-22(13,2)3/h5-7,14-15,18,35-36H,4,8-11H2,1-3H3,(H2,26,28)(H,27,33)(H,29,34)(H3,25,30,31)/t14-,15?,18-,23-/m0/s1. The van der Waals surface area contributed by atoms with Gasteiger partial charge in [0.15, 0.2) is 17.6 Å². The number of aliphatic imine (C=N–C) groups is 2. The quantitative estimate of drug-likeness (QED) is 0.218. The number of para-hydroxylation sites is 1. The van der Waals surface area contributed by atoms with Gasteiger partial charge < -0.3 is 47.3 Å². The molecule has 1 spiro atoms. The molecule has 4 aliphatic rings. The summed E-state index contributed by atoms with van der Waals surface area (Å²) in [6.45, 7) is 6.37. The van der Waals surface area contributed by atoms with E-state index in [9.17, 15) is 19.8 Å². The van der Waals surface area contributed by atoms with Crippen molar-refractivity contribution in [1.29, 1.82) is 0 Å². The largest absolute Gasteiger partial charge is 0.492 e. The number of guanidine groups is 2. The normalized spacial score (nSPS) is 30.5. The summed E-state index contributed by atoms with van der Waals surface area (Å²) in [4.78, 5) is 35.6. The minimum atomic E-state index is -2.57. The van der Waals surface area contributed by atoms with Gasteiger partial charge in [-0.15, -0.1) is 0 Å². The van der Waals surface area contributed by atoms with Crippen LogP contribution in [0.5, 0.6) is 5.75 Å². The number of hydrogen-bond acceptors (Lipinski definition) is 11. The molecule has 1 saturated heterocycles. The number of rotatable bonds is 5. The van der Waals surface area contributed by atoms with Gasteiger partial charge in [0, 0.05) is 25.1 Å². The Bertz CT molecular complexity index is 1200. The number of ether oxygens (including phenoxy) is 1. The molecule has 0 aromatic heterocycles. The molecule has 1 unspecified atom stereocenters. The number of nitrogens with one attached hydrogen (secondary N) is 3. The molecule has 200 valence electrons. The molecule has 13 nitrogen and oxygen atoms in total. The van der Waals surface area contributed by atoms with E-state index in [1.165, 1.54) is 4.90 Å². The summed E-state index contributed by atoms with van der Waals surface area (Å²) in [6, 6.07) is 2.56. The number of carbonyl (C=O) groups excluding carboxylic acids is 2. The van der Waals surface area contributed by atoms with E-state index >= 15 is 0 Å². The van der Waals surface area contributed by atoms with Gasteiger partial charge in [0.25, 0.3) is 5.91 Å². The predicted octanol–water partition coefficient (Wildman–Crippen LogP) is -1.95. The van der Waals surface area contributed by atoms with Gasteiger partial charge >= 0.3 is 0 Å². The predicted molar refractivity (Wildman–Crippen MR) is 135 cm³/mol. The van der Waals surface area contributed by atoms with Gasteiger partial charge in [0.2, 0.25) is 11.7 Å². The smallest absolute Gasteiger partial charge is 0.255 e. The third-order valence-electron chi connectivity index (χ3n) is 7.90. The lowest BCUT2D eigenvalue weighted by molar-refractivity contribution is -0.230. The van der Waals surface area contributed by atoms with Gasteiger partial charge in [0.1, 0.15) is 17.8 Å². The average molecular weight is 515 g/mol. The Kier molecular flexibility index (Phi) is 5.75. The summed E-state index contributed by atoms with van der Waals surface area (Å²) in [5.41, 5.74) is 11.6. The van der Waals surface area contributed by atoms with Gasteiger partial charge in [-0.2, -0.15) is 0 Å². The van der Waals surface area contributed by atoms with Crippen LogP contribution in [0.15, 0.2) is 28.2 Å². The molecule has 1 fully saturated rings. The van der Waals surface area contributed by atoms with E-state index < -0.39 is 35.5 Å². The van der Waals surface area contributed by atoms with Crippen molar-refractivity contribution < 1.29 is 24.5 Å². The Hall–Kier alpha value is -3.58. The lowest BCUT2D eigenvalue weighted by Gasteiger charge is -2.49. The summed E-state index contributed by atoms with van der Waals surface area (Å²) in [6.07, 6.45) is 1.09. The zero-order valence-electron chi connectivity index (χ0n) is 21.1. The lowest BCUT2D eigenvalue weighted by atomic mass is 9.79. The summed E-state index contributed by atoms with van der Waals surface area (Å²) in [7, 11) is 0.